The summed E-state index contributed by atoms with van der Waals surface area (Å²) in [6.07, 6.45) is 6.87. The highest BCUT2D eigenvalue weighted by molar-refractivity contribution is 4.93. The second kappa shape index (κ2) is 5.45. The van der Waals surface area contributed by atoms with Crippen molar-refractivity contribution in [2.75, 3.05) is 32.9 Å². The zero-order chi connectivity index (χ0) is 12.4. The van der Waals surface area contributed by atoms with Crippen molar-refractivity contribution >= 4 is 0 Å². The molecule has 0 amide bonds. The number of hydrogen-bond donors (Lipinski definition) is 1. The van der Waals surface area contributed by atoms with Gasteiger partial charge in [0.15, 0.2) is 0 Å². The highest BCUT2D eigenvalue weighted by Gasteiger charge is 2.41. The quantitative estimate of drug-likeness (QED) is 0.762. The number of nitrogens with zero attached hydrogens (tertiary/aromatic N) is 1. The summed E-state index contributed by atoms with van der Waals surface area (Å²) in [5, 5.41) is 0. The lowest BCUT2D eigenvalue weighted by atomic mass is 9.83. The summed E-state index contributed by atoms with van der Waals surface area (Å²) in [4.78, 5) is 2.66. The molecule has 3 saturated heterocycles. The van der Waals surface area contributed by atoms with Crippen LogP contribution in [0.5, 0.6) is 0 Å². The summed E-state index contributed by atoms with van der Waals surface area (Å²) >= 11 is 0. The largest absolute Gasteiger partial charge is 0.381 e. The molecule has 3 aliphatic rings. The van der Waals surface area contributed by atoms with Crippen LogP contribution in [0.1, 0.15) is 38.5 Å². The Morgan fingerprint density at radius 3 is 2.44 bits per heavy atom. The second-order valence-corrected chi connectivity index (χ2v) is 6.16. The van der Waals surface area contributed by atoms with E-state index in [2.05, 4.69) is 4.90 Å². The van der Waals surface area contributed by atoms with E-state index in [1.54, 1.807) is 0 Å². The van der Waals surface area contributed by atoms with Gasteiger partial charge in [-0.1, -0.05) is 0 Å². The van der Waals surface area contributed by atoms with Crippen LogP contribution in [0.4, 0.5) is 0 Å². The van der Waals surface area contributed by atoms with E-state index in [-0.39, 0.29) is 5.60 Å². The van der Waals surface area contributed by atoms with Crippen LogP contribution < -0.4 is 5.73 Å². The Hall–Kier alpha value is -0.160. The van der Waals surface area contributed by atoms with Crippen molar-refractivity contribution in [2.24, 2.45) is 5.73 Å². The first-order chi connectivity index (χ1) is 8.77. The van der Waals surface area contributed by atoms with Crippen LogP contribution in [0.15, 0.2) is 0 Å². The van der Waals surface area contributed by atoms with E-state index in [1.807, 2.05) is 0 Å². The Morgan fingerprint density at radius 2 is 1.72 bits per heavy atom. The average molecular weight is 254 g/mol. The number of hydrogen-bond acceptors (Lipinski definition) is 4. The fraction of sp³-hybridized carbons (Fsp3) is 1.00. The Labute approximate surface area is 110 Å². The predicted molar refractivity (Wildman–Crippen MR) is 70.5 cm³/mol. The lowest BCUT2D eigenvalue weighted by Gasteiger charge is -2.47. The topological polar surface area (TPSA) is 47.7 Å². The summed E-state index contributed by atoms with van der Waals surface area (Å²) < 4.78 is 11.6. The summed E-state index contributed by atoms with van der Waals surface area (Å²) in [7, 11) is 0. The third-order valence-corrected chi connectivity index (χ3v) is 4.96. The molecule has 3 rings (SSSR count). The minimum atomic E-state index is 0.126. The third kappa shape index (κ3) is 2.72. The van der Waals surface area contributed by atoms with Crippen LogP contribution in [0.2, 0.25) is 0 Å². The fourth-order valence-corrected chi connectivity index (χ4v) is 3.69. The molecule has 3 fully saturated rings. The second-order valence-electron chi connectivity index (χ2n) is 6.16. The van der Waals surface area contributed by atoms with Gasteiger partial charge in [-0.2, -0.15) is 0 Å². The first-order valence-corrected chi connectivity index (χ1v) is 7.49. The molecule has 4 nitrogen and oxygen atoms in total. The first kappa shape index (κ1) is 12.9. The van der Waals surface area contributed by atoms with Crippen molar-refractivity contribution in [3.63, 3.8) is 0 Å². The molecule has 1 spiro atoms. The minimum Gasteiger partial charge on any atom is -0.381 e. The van der Waals surface area contributed by atoms with Crippen molar-refractivity contribution in [3.05, 3.63) is 0 Å². The van der Waals surface area contributed by atoms with Gasteiger partial charge in [-0.15, -0.1) is 0 Å². The van der Waals surface area contributed by atoms with E-state index in [1.165, 1.54) is 25.9 Å². The van der Waals surface area contributed by atoms with Gasteiger partial charge in [-0.05, 0) is 51.6 Å². The summed E-state index contributed by atoms with van der Waals surface area (Å²) in [6, 6.07) is 1.14. The molecular formula is C14H26N2O2. The van der Waals surface area contributed by atoms with E-state index < -0.39 is 0 Å². The highest BCUT2D eigenvalue weighted by atomic mass is 16.5. The summed E-state index contributed by atoms with van der Waals surface area (Å²) in [5.41, 5.74) is 6.12. The molecule has 0 aliphatic carbocycles. The normalized spacial score (nSPS) is 34.8. The molecule has 2 N–H and O–H groups in total. The first-order valence-electron chi connectivity index (χ1n) is 7.49. The van der Waals surface area contributed by atoms with Crippen molar-refractivity contribution in [1.29, 1.82) is 0 Å². The minimum absolute atomic E-state index is 0.126. The Morgan fingerprint density at radius 1 is 1.00 bits per heavy atom. The van der Waals surface area contributed by atoms with Crippen molar-refractivity contribution in [1.82, 2.24) is 4.90 Å². The molecule has 0 aromatic rings. The van der Waals surface area contributed by atoms with Crippen LogP contribution in [-0.4, -0.2) is 55.5 Å². The number of likely N-dealkylation sites (tertiary alicyclic amines) is 1. The van der Waals surface area contributed by atoms with Gasteiger partial charge in [0.05, 0.1) is 5.60 Å². The molecule has 3 aliphatic heterocycles. The molecule has 4 heteroatoms. The van der Waals surface area contributed by atoms with E-state index >= 15 is 0 Å². The van der Waals surface area contributed by atoms with Crippen LogP contribution >= 0.6 is 0 Å². The maximum absolute atomic E-state index is 6.12. The summed E-state index contributed by atoms with van der Waals surface area (Å²) in [6.45, 7) is 5.03. The van der Waals surface area contributed by atoms with Crippen LogP contribution in [0.3, 0.4) is 0 Å². The molecule has 0 aromatic carbocycles. The summed E-state index contributed by atoms with van der Waals surface area (Å²) in [5.74, 6) is 0. The lowest BCUT2D eigenvalue weighted by Crippen LogP contribution is -2.53. The van der Waals surface area contributed by atoms with Gasteiger partial charge in [-0.25, -0.2) is 0 Å². The van der Waals surface area contributed by atoms with Gasteiger partial charge >= 0.3 is 0 Å². The molecular weight excluding hydrogens is 228 g/mol. The van der Waals surface area contributed by atoms with Gasteiger partial charge < -0.3 is 20.1 Å². The Balaban J connectivity index is 1.59. The zero-order valence-electron chi connectivity index (χ0n) is 11.3. The molecule has 0 saturated carbocycles. The maximum atomic E-state index is 6.12. The molecule has 1 atom stereocenters. The number of rotatable bonds is 1. The fourth-order valence-electron chi connectivity index (χ4n) is 3.69. The third-order valence-electron chi connectivity index (χ3n) is 4.96. The van der Waals surface area contributed by atoms with Crippen LogP contribution in [-0.2, 0) is 9.47 Å². The van der Waals surface area contributed by atoms with Gasteiger partial charge in [0.2, 0.25) is 0 Å². The van der Waals surface area contributed by atoms with Gasteiger partial charge in [-0.3, -0.25) is 0 Å². The smallest absolute Gasteiger partial charge is 0.0741 e. The van der Waals surface area contributed by atoms with Gasteiger partial charge in [0.25, 0.3) is 0 Å². The number of piperidine rings is 1. The van der Waals surface area contributed by atoms with E-state index in [0.717, 1.165) is 45.5 Å². The molecule has 18 heavy (non-hydrogen) atoms. The SMILES string of the molecule is NC1CCN(C2CCOC3(CCOCC3)C2)CC1. The average Bonchev–Trinajstić information content (AvgIpc) is 2.40. The Bertz CT molecular complexity index is 265. The number of ether oxygens (including phenoxy) is 2. The zero-order valence-corrected chi connectivity index (χ0v) is 11.3. The van der Waals surface area contributed by atoms with Crippen LogP contribution in [0, 0.1) is 0 Å². The van der Waals surface area contributed by atoms with Gasteiger partial charge in [0, 0.05) is 31.9 Å². The molecule has 3 heterocycles. The molecule has 0 aromatic heterocycles. The van der Waals surface area contributed by atoms with Crippen molar-refractivity contribution in [2.45, 2.75) is 56.2 Å². The van der Waals surface area contributed by atoms with E-state index in [0.29, 0.717) is 12.1 Å². The van der Waals surface area contributed by atoms with Gasteiger partial charge in [0.1, 0.15) is 0 Å². The lowest BCUT2D eigenvalue weighted by molar-refractivity contribution is -0.152. The molecule has 104 valence electrons. The predicted octanol–water partition coefficient (Wildman–Crippen LogP) is 1.14. The molecule has 0 bridgehead atoms. The van der Waals surface area contributed by atoms with E-state index in [9.17, 15) is 0 Å². The highest BCUT2D eigenvalue weighted by Crippen LogP contribution is 2.36. The van der Waals surface area contributed by atoms with Crippen molar-refractivity contribution in [3.8, 4) is 0 Å². The van der Waals surface area contributed by atoms with E-state index in [4.69, 9.17) is 15.2 Å². The molecule has 1 unspecified atom stereocenters. The Kier molecular flexibility index (Phi) is 3.89. The van der Waals surface area contributed by atoms with Crippen LogP contribution in [0.25, 0.3) is 0 Å². The monoisotopic (exact) mass is 254 g/mol. The number of nitrogens with two attached hydrogens (primary N) is 1. The molecule has 0 radical (unpaired) electrons. The maximum Gasteiger partial charge on any atom is 0.0741 e. The van der Waals surface area contributed by atoms with Crippen molar-refractivity contribution < 1.29 is 9.47 Å². The standard InChI is InChI=1S/C14H26N2O2/c15-12-1-6-16(7-2-12)13-3-8-18-14(11-13)4-9-17-10-5-14/h12-13H,1-11,15H2.